The van der Waals surface area contributed by atoms with Crippen LogP contribution >= 0.6 is 11.8 Å². The van der Waals surface area contributed by atoms with Crippen LogP contribution in [0.1, 0.15) is 28.9 Å². The van der Waals surface area contributed by atoms with Crippen molar-refractivity contribution in [1.82, 2.24) is 20.1 Å². The van der Waals surface area contributed by atoms with Gasteiger partial charge in [-0.3, -0.25) is 9.78 Å². The zero-order chi connectivity index (χ0) is 20.9. The van der Waals surface area contributed by atoms with Crippen LogP contribution in [0.25, 0.3) is 16.9 Å². The van der Waals surface area contributed by atoms with Crippen LogP contribution in [0.4, 0.5) is 0 Å². The van der Waals surface area contributed by atoms with Crippen molar-refractivity contribution in [3.05, 3.63) is 96.4 Å². The monoisotopic (exact) mass is 414 g/mol. The van der Waals surface area contributed by atoms with E-state index in [9.17, 15) is 4.79 Å². The van der Waals surface area contributed by atoms with Crippen LogP contribution in [-0.4, -0.2) is 26.9 Å². The standard InChI is InChI=1S/C24H22N4OS/c1-17(18-10-12-21(30-2)13-11-18)26-24(29)22-16-28(20-8-4-3-5-9-20)27-23(22)19-7-6-14-25-15-19/h3-17H,1-2H3,(H,26,29). The molecule has 6 heteroatoms. The number of nitrogens with zero attached hydrogens (tertiary/aromatic N) is 3. The van der Waals surface area contributed by atoms with Gasteiger partial charge in [0.25, 0.3) is 5.91 Å². The molecule has 0 aliphatic heterocycles. The zero-order valence-corrected chi connectivity index (χ0v) is 17.6. The molecule has 0 bridgehead atoms. The van der Waals surface area contributed by atoms with Crippen molar-refractivity contribution >= 4 is 17.7 Å². The Balaban J connectivity index is 1.66. The van der Waals surface area contributed by atoms with Crippen LogP contribution in [0.15, 0.2) is 90.2 Å². The van der Waals surface area contributed by atoms with Gasteiger partial charge < -0.3 is 5.32 Å². The smallest absolute Gasteiger partial charge is 0.255 e. The molecule has 0 saturated carbocycles. The maximum absolute atomic E-state index is 13.2. The molecule has 0 spiro atoms. The number of hydrogen-bond acceptors (Lipinski definition) is 4. The molecular formula is C24H22N4OS. The van der Waals surface area contributed by atoms with Gasteiger partial charge in [-0.1, -0.05) is 30.3 Å². The molecule has 0 saturated heterocycles. The highest BCUT2D eigenvalue weighted by molar-refractivity contribution is 7.98. The molecule has 2 aromatic heterocycles. The van der Waals surface area contributed by atoms with Gasteiger partial charge in [-0.25, -0.2) is 4.68 Å². The van der Waals surface area contributed by atoms with E-state index in [1.807, 2.05) is 67.8 Å². The highest BCUT2D eigenvalue weighted by Crippen LogP contribution is 2.24. The largest absolute Gasteiger partial charge is 0.345 e. The lowest BCUT2D eigenvalue weighted by atomic mass is 10.1. The number of benzene rings is 2. The molecule has 0 aliphatic carbocycles. The summed E-state index contributed by atoms with van der Waals surface area (Å²) in [5, 5.41) is 7.79. The molecule has 0 radical (unpaired) electrons. The lowest BCUT2D eigenvalue weighted by Crippen LogP contribution is -2.26. The van der Waals surface area contributed by atoms with Crippen LogP contribution in [-0.2, 0) is 0 Å². The summed E-state index contributed by atoms with van der Waals surface area (Å²) in [6, 6.07) is 21.6. The Morgan fingerprint density at radius 3 is 2.47 bits per heavy atom. The quantitative estimate of drug-likeness (QED) is 0.444. The average Bonchev–Trinajstić information content (AvgIpc) is 3.26. The fourth-order valence-corrected chi connectivity index (χ4v) is 3.63. The summed E-state index contributed by atoms with van der Waals surface area (Å²) >= 11 is 1.70. The number of rotatable bonds is 6. The fourth-order valence-electron chi connectivity index (χ4n) is 3.22. The number of amides is 1. The van der Waals surface area contributed by atoms with E-state index in [0.29, 0.717) is 11.3 Å². The Labute approximate surface area is 180 Å². The van der Waals surface area contributed by atoms with Crippen molar-refractivity contribution in [3.63, 3.8) is 0 Å². The number of carbonyl (C=O) groups is 1. The lowest BCUT2D eigenvalue weighted by Gasteiger charge is -2.14. The number of carbonyl (C=O) groups excluding carboxylic acids is 1. The first kappa shape index (κ1) is 19.9. The molecule has 0 fully saturated rings. The van der Waals surface area contributed by atoms with E-state index in [1.165, 1.54) is 4.90 Å². The Bertz CT molecular complexity index is 1130. The predicted molar refractivity (Wildman–Crippen MR) is 121 cm³/mol. The van der Waals surface area contributed by atoms with Gasteiger partial charge in [0, 0.05) is 29.0 Å². The Kier molecular flexibility index (Phi) is 5.95. The van der Waals surface area contributed by atoms with Crippen LogP contribution in [0.2, 0.25) is 0 Å². The molecular weight excluding hydrogens is 392 g/mol. The van der Waals surface area contributed by atoms with Crippen molar-refractivity contribution < 1.29 is 4.79 Å². The van der Waals surface area contributed by atoms with Crippen molar-refractivity contribution in [1.29, 1.82) is 0 Å². The maximum atomic E-state index is 13.2. The average molecular weight is 415 g/mol. The van der Waals surface area contributed by atoms with Gasteiger partial charge >= 0.3 is 0 Å². The van der Waals surface area contributed by atoms with Gasteiger partial charge in [0.2, 0.25) is 0 Å². The third-order valence-electron chi connectivity index (χ3n) is 4.88. The number of nitrogens with one attached hydrogen (secondary N) is 1. The minimum absolute atomic E-state index is 0.129. The molecule has 5 nitrogen and oxygen atoms in total. The van der Waals surface area contributed by atoms with Gasteiger partial charge in [-0.15, -0.1) is 11.8 Å². The summed E-state index contributed by atoms with van der Waals surface area (Å²) in [7, 11) is 0. The second-order valence-corrected chi connectivity index (χ2v) is 7.76. The van der Waals surface area contributed by atoms with E-state index < -0.39 is 0 Å². The Morgan fingerprint density at radius 2 is 1.80 bits per heavy atom. The summed E-state index contributed by atoms with van der Waals surface area (Å²) in [4.78, 5) is 18.6. The lowest BCUT2D eigenvalue weighted by molar-refractivity contribution is 0.0940. The maximum Gasteiger partial charge on any atom is 0.255 e. The van der Waals surface area contributed by atoms with E-state index >= 15 is 0 Å². The third kappa shape index (κ3) is 4.28. The second-order valence-electron chi connectivity index (χ2n) is 6.88. The van der Waals surface area contributed by atoms with Gasteiger partial charge in [0.15, 0.2) is 0 Å². The third-order valence-corrected chi connectivity index (χ3v) is 5.62. The van der Waals surface area contributed by atoms with Crippen LogP contribution in [0, 0.1) is 0 Å². The van der Waals surface area contributed by atoms with Crippen molar-refractivity contribution in [2.24, 2.45) is 0 Å². The van der Waals surface area contributed by atoms with Crippen molar-refractivity contribution in [3.8, 4) is 16.9 Å². The summed E-state index contributed by atoms with van der Waals surface area (Å²) in [6.07, 6.45) is 7.25. The van der Waals surface area contributed by atoms with E-state index in [2.05, 4.69) is 27.5 Å². The molecule has 2 aromatic carbocycles. The molecule has 1 unspecified atom stereocenters. The molecule has 150 valence electrons. The number of thioether (sulfide) groups is 1. The fraction of sp³-hybridized carbons (Fsp3) is 0.125. The molecule has 0 aliphatic rings. The van der Waals surface area contributed by atoms with Crippen molar-refractivity contribution in [2.75, 3.05) is 6.26 Å². The van der Waals surface area contributed by atoms with E-state index in [1.54, 1.807) is 35.0 Å². The van der Waals surface area contributed by atoms with E-state index in [-0.39, 0.29) is 11.9 Å². The Morgan fingerprint density at radius 1 is 1.03 bits per heavy atom. The molecule has 1 atom stereocenters. The Hall–Kier alpha value is -3.38. The number of para-hydroxylation sites is 1. The van der Waals surface area contributed by atoms with Crippen LogP contribution in [0.5, 0.6) is 0 Å². The first-order chi connectivity index (χ1) is 14.7. The number of hydrogen-bond donors (Lipinski definition) is 1. The van der Waals surface area contributed by atoms with E-state index in [4.69, 9.17) is 0 Å². The van der Waals surface area contributed by atoms with Crippen LogP contribution < -0.4 is 5.32 Å². The highest BCUT2D eigenvalue weighted by atomic mass is 32.2. The number of aromatic nitrogens is 3. The minimum Gasteiger partial charge on any atom is -0.345 e. The summed E-state index contributed by atoms with van der Waals surface area (Å²) < 4.78 is 1.73. The summed E-state index contributed by atoms with van der Waals surface area (Å²) in [5.41, 5.74) is 3.87. The van der Waals surface area contributed by atoms with Crippen molar-refractivity contribution in [2.45, 2.75) is 17.9 Å². The van der Waals surface area contributed by atoms with Gasteiger partial charge in [-0.2, -0.15) is 5.10 Å². The van der Waals surface area contributed by atoms with Gasteiger partial charge in [0.05, 0.1) is 17.3 Å². The second kappa shape index (κ2) is 8.97. The molecule has 30 heavy (non-hydrogen) atoms. The number of pyridine rings is 1. The molecule has 2 heterocycles. The minimum atomic E-state index is -0.169. The predicted octanol–water partition coefficient (Wildman–Crippen LogP) is 5.15. The molecule has 1 amide bonds. The van der Waals surface area contributed by atoms with Gasteiger partial charge in [-0.05, 0) is 55.1 Å². The molecule has 1 N–H and O–H groups in total. The van der Waals surface area contributed by atoms with Crippen LogP contribution in [0.3, 0.4) is 0 Å². The molecule has 4 rings (SSSR count). The zero-order valence-electron chi connectivity index (χ0n) is 16.8. The first-order valence-electron chi connectivity index (χ1n) is 9.66. The normalized spacial score (nSPS) is 11.8. The van der Waals surface area contributed by atoms with E-state index in [0.717, 1.165) is 16.8 Å². The first-order valence-corrected chi connectivity index (χ1v) is 10.9. The SMILES string of the molecule is CSc1ccc(C(C)NC(=O)c2cn(-c3ccccc3)nc2-c2cccnc2)cc1. The topological polar surface area (TPSA) is 59.8 Å². The van der Waals surface area contributed by atoms with Gasteiger partial charge in [0.1, 0.15) is 5.69 Å². The highest BCUT2D eigenvalue weighted by Gasteiger charge is 2.20. The summed E-state index contributed by atoms with van der Waals surface area (Å²) in [5.74, 6) is -0.169. The summed E-state index contributed by atoms with van der Waals surface area (Å²) in [6.45, 7) is 1.98. The molecule has 4 aromatic rings.